The van der Waals surface area contributed by atoms with Gasteiger partial charge in [0.2, 0.25) is 0 Å². The molecule has 0 amide bonds. The summed E-state index contributed by atoms with van der Waals surface area (Å²) >= 11 is 0. The molecule has 0 bridgehead atoms. The quantitative estimate of drug-likeness (QED) is 0.621. The van der Waals surface area contributed by atoms with Crippen molar-refractivity contribution in [3.05, 3.63) is 39.8 Å². The average Bonchev–Trinajstić information content (AvgIpc) is 2.72. The van der Waals surface area contributed by atoms with Crippen LogP contribution >= 0.6 is 0 Å². The second kappa shape index (κ2) is 4.70. The normalized spacial score (nSPS) is 10.3. The van der Waals surface area contributed by atoms with Crippen molar-refractivity contribution in [2.24, 2.45) is 0 Å². The first-order valence-electron chi connectivity index (χ1n) is 5.12. The molecule has 0 atom stereocenters. The van der Waals surface area contributed by atoms with E-state index in [1.54, 1.807) is 13.0 Å². The molecule has 0 saturated carbocycles. The van der Waals surface area contributed by atoms with Crippen LogP contribution in [0.2, 0.25) is 0 Å². The zero-order valence-corrected chi connectivity index (χ0v) is 9.58. The zero-order chi connectivity index (χ0) is 13.1. The van der Waals surface area contributed by atoms with Gasteiger partial charge in [0.15, 0.2) is 5.76 Å². The second-order valence-electron chi connectivity index (χ2n) is 3.68. The Hall–Kier alpha value is -2.64. The Labute approximate surface area is 102 Å². The Morgan fingerprint density at radius 2 is 2.28 bits per heavy atom. The van der Waals surface area contributed by atoms with Crippen LogP contribution in [0, 0.1) is 17.0 Å². The Kier molecular flexibility index (Phi) is 3.09. The molecule has 0 aliphatic rings. The molecule has 2 rings (SSSR count). The van der Waals surface area contributed by atoms with E-state index < -0.39 is 4.92 Å². The fourth-order valence-corrected chi connectivity index (χ4v) is 1.41. The Morgan fingerprint density at radius 1 is 1.50 bits per heavy atom. The van der Waals surface area contributed by atoms with E-state index in [4.69, 9.17) is 10.3 Å². The zero-order valence-electron chi connectivity index (χ0n) is 9.58. The number of nitro groups is 1. The largest absolute Gasteiger partial charge is 0.383 e. The summed E-state index contributed by atoms with van der Waals surface area (Å²) in [4.78, 5) is 14.1. The third-order valence-electron chi connectivity index (χ3n) is 2.16. The van der Waals surface area contributed by atoms with Crippen molar-refractivity contribution in [1.29, 1.82) is 0 Å². The number of nitrogen functional groups attached to an aromatic ring is 1. The molecule has 2 heterocycles. The van der Waals surface area contributed by atoms with Crippen molar-refractivity contribution in [1.82, 2.24) is 10.1 Å². The first kappa shape index (κ1) is 11.8. The Balaban J connectivity index is 2.11. The van der Waals surface area contributed by atoms with Crippen LogP contribution in [0.3, 0.4) is 0 Å². The molecule has 8 heteroatoms. The number of nitrogens with zero attached hydrogens (tertiary/aromatic N) is 3. The number of rotatable bonds is 4. The maximum absolute atomic E-state index is 10.6. The van der Waals surface area contributed by atoms with E-state index in [1.165, 1.54) is 12.1 Å². The van der Waals surface area contributed by atoms with E-state index in [1.807, 2.05) is 0 Å². The number of hydrogen-bond acceptors (Lipinski definition) is 7. The minimum atomic E-state index is -0.526. The highest BCUT2D eigenvalue weighted by Gasteiger charge is 2.10. The molecule has 94 valence electrons. The summed E-state index contributed by atoms with van der Waals surface area (Å²) < 4.78 is 4.99. The Morgan fingerprint density at radius 3 is 2.89 bits per heavy atom. The summed E-state index contributed by atoms with van der Waals surface area (Å²) in [6, 6.07) is 4.26. The summed E-state index contributed by atoms with van der Waals surface area (Å²) in [5.41, 5.74) is 6.13. The van der Waals surface area contributed by atoms with Crippen LogP contribution in [0.1, 0.15) is 11.5 Å². The van der Waals surface area contributed by atoms with Gasteiger partial charge in [0.1, 0.15) is 11.6 Å². The van der Waals surface area contributed by atoms with Crippen molar-refractivity contribution >= 4 is 17.3 Å². The lowest BCUT2D eigenvalue weighted by molar-refractivity contribution is -0.384. The molecule has 2 aromatic heterocycles. The van der Waals surface area contributed by atoms with E-state index in [-0.39, 0.29) is 11.5 Å². The monoisotopic (exact) mass is 249 g/mol. The standard InChI is InChI=1S/C10H11N5O3/c1-6-2-8(18-14-6)5-12-10-4-7(15(16)17)3-9(11)13-10/h2-4H,5H2,1H3,(H3,11,12,13). The number of nitrogens with one attached hydrogen (secondary N) is 1. The van der Waals surface area contributed by atoms with Gasteiger partial charge in [-0.1, -0.05) is 5.16 Å². The van der Waals surface area contributed by atoms with Crippen molar-refractivity contribution < 1.29 is 9.45 Å². The molecule has 0 fully saturated rings. The molecule has 0 aliphatic carbocycles. The maximum Gasteiger partial charge on any atom is 0.276 e. The predicted molar refractivity (Wildman–Crippen MR) is 63.9 cm³/mol. The molecular weight excluding hydrogens is 238 g/mol. The first-order chi connectivity index (χ1) is 8.54. The van der Waals surface area contributed by atoms with Gasteiger partial charge in [-0.15, -0.1) is 0 Å². The maximum atomic E-state index is 10.6. The molecule has 0 aliphatic heterocycles. The highest BCUT2D eigenvalue weighted by atomic mass is 16.6. The average molecular weight is 249 g/mol. The van der Waals surface area contributed by atoms with Gasteiger partial charge < -0.3 is 15.6 Å². The van der Waals surface area contributed by atoms with Crippen molar-refractivity contribution in [3.63, 3.8) is 0 Å². The van der Waals surface area contributed by atoms with Gasteiger partial charge >= 0.3 is 0 Å². The second-order valence-corrected chi connectivity index (χ2v) is 3.68. The summed E-state index contributed by atoms with van der Waals surface area (Å²) in [6.07, 6.45) is 0. The Bertz CT molecular complexity index is 581. The van der Waals surface area contributed by atoms with Gasteiger partial charge in [-0.3, -0.25) is 10.1 Å². The van der Waals surface area contributed by atoms with Crippen LogP contribution in [0.5, 0.6) is 0 Å². The lowest BCUT2D eigenvalue weighted by Gasteiger charge is -2.03. The first-order valence-corrected chi connectivity index (χ1v) is 5.12. The van der Waals surface area contributed by atoms with Crippen LogP contribution < -0.4 is 11.1 Å². The summed E-state index contributed by atoms with van der Waals surface area (Å²) in [7, 11) is 0. The van der Waals surface area contributed by atoms with Gasteiger partial charge in [0, 0.05) is 6.07 Å². The molecule has 0 spiro atoms. The fraction of sp³-hybridized carbons (Fsp3) is 0.200. The molecular formula is C10H11N5O3. The summed E-state index contributed by atoms with van der Waals surface area (Å²) in [5.74, 6) is 1.01. The van der Waals surface area contributed by atoms with Crippen molar-refractivity contribution in [3.8, 4) is 0 Å². The molecule has 18 heavy (non-hydrogen) atoms. The number of hydrogen-bond donors (Lipinski definition) is 2. The highest BCUT2D eigenvalue weighted by molar-refractivity contribution is 5.52. The number of anilines is 2. The molecule has 2 aromatic rings. The van der Waals surface area contributed by atoms with Crippen LogP contribution in [-0.2, 0) is 6.54 Å². The summed E-state index contributed by atoms with van der Waals surface area (Å²) in [5, 5.41) is 17.3. The minimum Gasteiger partial charge on any atom is -0.383 e. The number of pyridine rings is 1. The van der Waals surface area contributed by atoms with Crippen molar-refractivity contribution in [2.75, 3.05) is 11.1 Å². The molecule has 3 N–H and O–H groups in total. The third-order valence-corrected chi connectivity index (χ3v) is 2.16. The van der Waals surface area contributed by atoms with Gasteiger partial charge in [-0.05, 0) is 6.92 Å². The van der Waals surface area contributed by atoms with Crippen molar-refractivity contribution in [2.45, 2.75) is 13.5 Å². The van der Waals surface area contributed by atoms with Gasteiger partial charge in [-0.25, -0.2) is 4.98 Å². The molecule has 0 radical (unpaired) electrons. The van der Waals surface area contributed by atoms with Crippen LogP contribution in [0.15, 0.2) is 22.7 Å². The number of aromatic nitrogens is 2. The van der Waals surface area contributed by atoms with Crippen LogP contribution in [-0.4, -0.2) is 15.1 Å². The lowest BCUT2D eigenvalue weighted by atomic mass is 10.3. The lowest BCUT2D eigenvalue weighted by Crippen LogP contribution is -2.03. The molecule has 0 saturated heterocycles. The fourth-order valence-electron chi connectivity index (χ4n) is 1.41. The van der Waals surface area contributed by atoms with Crippen LogP contribution in [0.4, 0.5) is 17.3 Å². The number of nitrogens with two attached hydrogens (primary N) is 1. The number of aryl methyl sites for hydroxylation is 1. The minimum absolute atomic E-state index is 0.0838. The van der Waals surface area contributed by atoms with E-state index in [0.717, 1.165) is 5.69 Å². The van der Waals surface area contributed by atoms with E-state index >= 15 is 0 Å². The molecule has 0 aromatic carbocycles. The van der Waals surface area contributed by atoms with E-state index in [2.05, 4.69) is 15.5 Å². The SMILES string of the molecule is Cc1cc(CNc2cc([N+](=O)[O-])cc(N)n2)on1. The van der Waals surface area contributed by atoms with E-state index in [0.29, 0.717) is 18.1 Å². The van der Waals surface area contributed by atoms with Crippen LogP contribution in [0.25, 0.3) is 0 Å². The van der Waals surface area contributed by atoms with E-state index in [9.17, 15) is 10.1 Å². The molecule has 0 unspecified atom stereocenters. The van der Waals surface area contributed by atoms with Gasteiger partial charge in [-0.2, -0.15) is 0 Å². The highest BCUT2D eigenvalue weighted by Crippen LogP contribution is 2.19. The van der Waals surface area contributed by atoms with Gasteiger partial charge in [0.05, 0.1) is 29.3 Å². The smallest absolute Gasteiger partial charge is 0.276 e. The van der Waals surface area contributed by atoms with Gasteiger partial charge in [0.25, 0.3) is 5.69 Å². The third kappa shape index (κ3) is 2.73. The molecule has 8 nitrogen and oxygen atoms in total. The summed E-state index contributed by atoms with van der Waals surface area (Å²) in [6.45, 7) is 2.13. The topological polar surface area (TPSA) is 120 Å². The predicted octanol–water partition coefficient (Wildman–Crippen LogP) is 1.48.